The molecule has 1 N–H and O–H groups in total. The van der Waals surface area contributed by atoms with E-state index in [9.17, 15) is 0 Å². The molecule has 106 valence electrons. The number of nitrogens with one attached hydrogen (secondary N) is 1. The third-order valence-electron chi connectivity index (χ3n) is 3.91. The SMILES string of the molecule is CCCC(CNC1CC1)N(C)CCc1ccccn1. The second kappa shape index (κ2) is 7.61. The number of aromatic nitrogens is 1. The van der Waals surface area contributed by atoms with Crippen LogP contribution in [0, 0.1) is 0 Å². The second-order valence-electron chi connectivity index (χ2n) is 5.68. The zero-order valence-electron chi connectivity index (χ0n) is 12.3. The van der Waals surface area contributed by atoms with Crippen LogP contribution in [0.4, 0.5) is 0 Å². The molecule has 3 nitrogen and oxygen atoms in total. The van der Waals surface area contributed by atoms with E-state index in [0.717, 1.165) is 25.6 Å². The van der Waals surface area contributed by atoms with Gasteiger partial charge in [0, 0.05) is 43.5 Å². The van der Waals surface area contributed by atoms with Crippen LogP contribution in [0.3, 0.4) is 0 Å². The van der Waals surface area contributed by atoms with Crippen LogP contribution in [-0.2, 0) is 6.42 Å². The minimum absolute atomic E-state index is 0.661. The average molecular weight is 261 g/mol. The Balaban J connectivity index is 1.75. The Kier molecular flexibility index (Phi) is 5.80. The van der Waals surface area contributed by atoms with Crippen molar-refractivity contribution in [3.63, 3.8) is 0 Å². The Labute approximate surface area is 117 Å². The molecule has 1 fully saturated rings. The summed E-state index contributed by atoms with van der Waals surface area (Å²) in [6.45, 7) is 4.50. The third kappa shape index (κ3) is 5.29. The molecule has 1 unspecified atom stereocenters. The lowest BCUT2D eigenvalue weighted by Crippen LogP contribution is -2.41. The lowest BCUT2D eigenvalue weighted by molar-refractivity contribution is 0.224. The first-order chi connectivity index (χ1) is 9.29. The molecular weight excluding hydrogens is 234 g/mol. The molecule has 19 heavy (non-hydrogen) atoms. The topological polar surface area (TPSA) is 28.2 Å². The van der Waals surface area contributed by atoms with E-state index in [-0.39, 0.29) is 0 Å². The standard InChI is InChI=1S/C16H27N3/c1-3-6-16(13-18-15-8-9-15)19(2)12-10-14-7-4-5-11-17-14/h4-5,7,11,15-16,18H,3,6,8-10,12-13H2,1-2H3. The van der Waals surface area contributed by atoms with Gasteiger partial charge in [0.25, 0.3) is 0 Å². The highest BCUT2D eigenvalue weighted by molar-refractivity contribution is 5.03. The summed E-state index contributed by atoms with van der Waals surface area (Å²) in [7, 11) is 2.25. The number of hydrogen-bond donors (Lipinski definition) is 1. The van der Waals surface area contributed by atoms with Gasteiger partial charge in [0.05, 0.1) is 0 Å². The molecule has 2 rings (SSSR count). The van der Waals surface area contributed by atoms with Gasteiger partial charge in [0.1, 0.15) is 0 Å². The summed E-state index contributed by atoms with van der Waals surface area (Å²) in [5, 5.41) is 3.66. The van der Waals surface area contributed by atoms with Gasteiger partial charge in [-0.2, -0.15) is 0 Å². The summed E-state index contributed by atoms with van der Waals surface area (Å²) >= 11 is 0. The fourth-order valence-electron chi connectivity index (χ4n) is 2.42. The Bertz CT molecular complexity index is 348. The van der Waals surface area contributed by atoms with Gasteiger partial charge < -0.3 is 10.2 Å². The first-order valence-corrected chi connectivity index (χ1v) is 7.63. The van der Waals surface area contributed by atoms with Crippen molar-refractivity contribution >= 4 is 0 Å². The summed E-state index contributed by atoms with van der Waals surface area (Å²) in [5.41, 5.74) is 1.19. The van der Waals surface area contributed by atoms with E-state index in [1.165, 1.54) is 31.4 Å². The van der Waals surface area contributed by atoms with Crippen LogP contribution in [0.1, 0.15) is 38.3 Å². The highest BCUT2D eigenvalue weighted by Crippen LogP contribution is 2.19. The van der Waals surface area contributed by atoms with Gasteiger partial charge in [0.2, 0.25) is 0 Å². The molecule has 1 saturated carbocycles. The number of nitrogens with zero attached hydrogens (tertiary/aromatic N) is 2. The Morgan fingerprint density at radius 3 is 2.89 bits per heavy atom. The van der Waals surface area contributed by atoms with Crippen molar-refractivity contribution in [2.75, 3.05) is 20.1 Å². The predicted molar refractivity (Wildman–Crippen MR) is 80.3 cm³/mol. The van der Waals surface area contributed by atoms with E-state index in [4.69, 9.17) is 0 Å². The Morgan fingerprint density at radius 2 is 2.26 bits per heavy atom. The van der Waals surface area contributed by atoms with E-state index >= 15 is 0 Å². The van der Waals surface area contributed by atoms with Crippen molar-refractivity contribution < 1.29 is 0 Å². The summed E-state index contributed by atoms with van der Waals surface area (Å²) < 4.78 is 0. The fraction of sp³-hybridized carbons (Fsp3) is 0.688. The molecule has 0 aromatic carbocycles. The first-order valence-electron chi connectivity index (χ1n) is 7.63. The van der Waals surface area contributed by atoms with E-state index in [1.54, 1.807) is 0 Å². The largest absolute Gasteiger partial charge is 0.312 e. The van der Waals surface area contributed by atoms with Gasteiger partial charge in [0.15, 0.2) is 0 Å². The van der Waals surface area contributed by atoms with Crippen molar-refractivity contribution in [2.24, 2.45) is 0 Å². The first kappa shape index (κ1) is 14.5. The maximum atomic E-state index is 4.40. The van der Waals surface area contributed by atoms with Gasteiger partial charge in [-0.05, 0) is 38.4 Å². The minimum atomic E-state index is 0.661. The van der Waals surface area contributed by atoms with Crippen molar-refractivity contribution in [2.45, 2.75) is 51.1 Å². The van der Waals surface area contributed by atoms with Gasteiger partial charge in [-0.3, -0.25) is 4.98 Å². The molecule has 0 amide bonds. The van der Waals surface area contributed by atoms with Crippen LogP contribution < -0.4 is 5.32 Å². The molecule has 1 heterocycles. The smallest absolute Gasteiger partial charge is 0.0416 e. The number of rotatable bonds is 9. The fourth-order valence-corrected chi connectivity index (χ4v) is 2.42. The number of likely N-dealkylation sites (N-methyl/N-ethyl adjacent to an activating group) is 1. The summed E-state index contributed by atoms with van der Waals surface area (Å²) in [5.74, 6) is 0. The van der Waals surface area contributed by atoms with Crippen LogP contribution in [-0.4, -0.2) is 42.1 Å². The maximum absolute atomic E-state index is 4.40. The van der Waals surface area contributed by atoms with Crippen LogP contribution in [0.5, 0.6) is 0 Å². The van der Waals surface area contributed by atoms with Crippen molar-refractivity contribution in [1.29, 1.82) is 0 Å². The van der Waals surface area contributed by atoms with Crippen LogP contribution in [0.25, 0.3) is 0 Å². The molecular formula is C16H27N3. The normalized spacial score (nSPS) is 16.8. The predicted octanol–water partition coefficient (Wildman–Crippen LogP) is 2.48. The van der Waals surface area contributed by atoms with Crippen molar-refractivity contribution in [1.82, 2.24) is 15.2 Å². The molecule has 1 aliphatic carbocycles. The zero-order chi connectivity index (χ0) is 13.5. The molecule has 1 aromatic heterocycles. The van der Waals surface area contributed by atoms with E-state index < -0.39 is 0 Å². The quantitative estimate of drug-likeness (QED) is 0.740. The summed E-state index contributed by atoms with van der Waals surface area (Å²) in [4.78, 5) is 6.89. The molecule has 3 heteroatoms. The summed E-state index contributed by atoms with van der Waals surface area (Å²) in [6.07, 6.45) is 8.20. The van der Waals surface area contributed by atoms with Gasteiger partial charge in [-0.1, -0.05) is 19.4 Å². The van der Waals surface area contributed by atoms with Crippen LogP contribution in [0.15, 0.2) is 24.4 Å². The molecule has 0 bridgehead atoms. The highest BCUT2D eigenvalue weighted by atomic mass is 15.2. The molecule has 1 aliphatic rings. The molecule has 0 saturated heterocycles. The van der Waals surface area contributed by atoms with E-state index in [0.29, 0.717) is 6.04 Å². The lowest BCUT2D eigenvalue weighted by atomic mass is 10.1. The highest BCUT2D eigenvalue weighted by Gasteiger charge is 2.22. The van der Waals surface area contributed by atoms with Crippen molar-refractivity contribution in [3.8, 4) is 0 Å². The number of pyridine rings is 1. The zero-order valence-corrected chi connectivity index (χ0v) is 12.3. The maximum Gasteiger partial charge on any atom is 0.0416 e. The lowest BCUT2D eigenvalue weighted by Gasteiger charge is -2.28. The summed E-state index contributed by atoms with van der Waals surface area (Å²) in [6, 6.07) is 7.64. The number of hydrogen-bond acceptors (Lipinski definition) is 3. The monoisotopic (exact) mass is 261 g/mol. The van der Waals surface area contributed by atoms with Crippen LogP contribution in [0.2, 0.25) is 0 Å². The van der Waals surface area contributed by atoms with Gasteiger partial charge >= 0.3 is 0 Å². The minimum Gasteiger partial charge on any atom is -0.312 e. The molecule has 0 radical (unpaired) electrons. The Morgan fingerprint density at radius 1 is 1.42 bits per heavy atom. The van der Waals surface area contributed by atoms with Gasteiger partial charge in [-0.25, -0.2) is 0 Å². The molecule has 1 atom stereocenters. The van der Waals surface area contributed by atoms with Crippen LogP contribution >= 0.6 is 0 Å². The molecule has 0 aliphatic heterocycles. The van der Waals surface area contributed by atoms with Crippen molar-refractivity contribution in [3.05, 3.63) is 30.1 Å². The third-order valence-corrected chi connectivity index (χ3v) is 3.91. The van der Waals surface area contributed by atoms with E-state index in [1.807, 2.05) is 12.3 Å². The Hall–Kier alpha value is -0.930. The van der Waals surface area contributed by atoms with E-state index in [2.05, 4.69) is 41.3 Å². The second-order valence-corrected chi connectivity index (χ2v) is 5.68. The average Bonchev–Trinajstić information content (AvgIpc) is 3.26. The van der Waals surface area contributed by atoms with Gasteiger partial charge in [-0.15, -0.1) is 0 Å². The molecule has 1 aromatic rings. The molecule has 0 spiro atoms.